The van der Waals surface area contributed by atoms with Crippen molar-refractivity contribution in [1.82, 2.24) is 20.6 Å². The van der Waals surface area contributed by atoms with Gasteiger partial charge in [-0.1, -0.05) is 0 Å². The van der Waals surface area contributed by atoms with E-state index in [0.717, 1.165) is 5.56 Å². The largest absolute Gasteiger partial charge is 0.493 e. The van der Waals surface area contributed by atoms with E-state index in [1.165, 1.54) is 39.5 Å². The zero-order valence-corrected chi connectivity index (χ0v) is 14.9. The van der Waals surface area contributed by atoms with Crippen molar-refractivity contribution in [1.29, 1.82) is 0 Å². The van der Waals surface area contributed by atoms with Gasteiger partial charge in [0.05, 0.1) is 27.5 Å². The first-order valence-electron chi connectivity index (χ1n) is 7.55. The van der Waals surface area contributed by atoms with Gasteiger partial charge in [-0.3, -0.25) is 25.1 Å². The number of benzene rings is 1. The molecule has 0 saturated carbocycles. The van der Waals surface area contributed by atoms with Crippen LogP contribution in [0.1, 0.15) is 15.9 Å². The van der Waals surface area contributed by atoms with Gasteiger partial charge in [0, 0.05) is 30.4 Å². The smallest absolute Gasteiger partial charge is 0.269 e. The summed E-state index contributed by atoms with van der Waals surface area (Å²) in [7, 11) is 6.14. The molecule has 1 aromatic carbocycles. The van der Waals surface area contributed by atoms with E-state index in [1.54, 1.807) is 30.2 Å². The van der Waals surface area contributed by atoms with Gasteiger partial charge in [-0.05, 0) is 18.2 Å². The summed E-state index contributed by atoms with van der Waals surface area (Å²) >= 11 is 0. The van der Waals surface area contributed by atoms with Crippen LogP contribution < -0.4 is 25.1 Å². The maximum absolute atomic E-state index is 12.2. The van der Waals surface area contributed by atoms with E-state index in [-0.39, 0.29) is 5.56 Å². The van der Waals surface area contributed by atoms with E-state index < -0.39 is 11.8 Å². The van der Waals surface area contributed by atoms with E-state index in [0.29, 0.717) is 17.2 Å². The van der Waals surface area contributed by atoms with Crippen molar-refractivity contribution in [2.75, 3.05) is 21.3 Å². The summed E-state index contributed by atoms with van der Waals surface area (Å²) in [4.78, 5) is 24.0. The number of ether oxygens (including phenoxy) is 3. The standard InChI is InChI=1S/C17H20N4O5/c1-21-10-11(9-18-21)5-6-15(22)19-20-17(23)12-7-13(24-2)16(26-4)14(8-12)25-3/h5-10H,1-4H3,(H,19,22)(H,20,23). The maximum atomic E-state index is 12.2. The third kappa shape index (κ3) is 4.53. The van der Waals surface area contributed by atoms with Crippen molar-refractivity contribution >= 4 is 17.9 Å². The molecule has 2 rings (SSSR count). The Balaban J connectivity index is 2.03. The minimum atomic E-state index is -0.535. The summed E-state index contributed by atoms with van der Waals surface area (Å²) in [6, 6.07) is 2.96. The first kappa shape index (κ1) is 18.8. The molecule has 0 saturated heterocycles. The lowest BCUT2D eigenvalue weighted by Crippen LogP contribution is -2.40. The van der Waals surface area contributed by atoms with Crippen LogP contribution in [-0.2, 0) is 11.8 Å². The minimum Gasteiger partial charge on any atom is -0.493 e. The molecule has 0 aliphatic carbocycles. The van der Waals surface area contributed by atoms with E-state index >= 15 is 0 Å². The fraction of sp³-hybridized carbons (Fsp3) is 0.235. The molecular weight excluding hydrogens is 340 g/mol. The lowest BCUT2D eigenvalue weighted by atomic mass is 10.1. The molecule has 0 radical (unpaired) electrons. The highest BCUT2D eigenvalue weighted by Crippen LogP contribution is 2.38. The summed E-state index contributed by atoms with van der Waals surface area (Å²) in [6.45, 7) is 0. The molecule has 26 heavy (non-hydrogen) atoms. The number of nitrogens with one attached hydrogen (secondary N) is 2. The Hall–Kier alpha value is -3.49. The molecule has 0 fully saturated rings. The van der Waals surface area contributed by atoms with Gasteiger partial charge in [-0.2, -0.15) is 5.10 Å². The molecule has 2 aromatic rings. The number of carbonyl (C=O) groups excluding carboxylic acids is 2. The minimum absolute atomic E-state index is 0.232. The average molecular weight is 360 g/mol. The van der Waals surface area contributed by atoms with Crippen molar-refractivity contribution in [2.45, 2.75) is 0 Å². The summed E-state index contributed by atoms with van der Waals surface area (Å²) in [5.41, 5.74) is 5.61. The average Bonchev–Trinajstić information content (AvgIpc) is 3.08. The van der Waals surface area contributed by atoms with E-state index in [2.05, 4.69) is 16.0 Å². The van der Waals surface area contributed by atoms with Crippen LogP contribution in [0.2, 0.25) is 0 Å². The van der Waals surface area contributed by atoms with Crippen molar-refractivity contribution < 1.29 is 23.8 Å². The second kappa shape index (κ2) is 8.56. The molecule has 0 aliphatic rings. The van der Waals surface area contributed by atoms with Gasteiger partial charge < -0.3 is 14.2 Å². The van der Waals surface area contributed by atoms with Crippen LogP contribution in [0.25, 0.3) is 6.08 Å². The topological polar surface area (TPSA) is 104 Å². The normalized spacial score (nSPS) is 10.5. The summed E-state index contributed by atoms with van der Waals surface area (Å²) in [5.74, 6) is 0.0108. The van der Waals surface area contributed by atoms with Crippen LogP contribution in [0.3, 0.4) is 0 Å². The van der Waals surface area contributed by atoms with Crippen LogP contribution in [0.15, 0.2) is 30.6 Å². The molecule has 9 nitrogen and oxygen atoms in total. The molecule has 0 unspecified atom stereocenters. The van der Waals surface area contributed by atoms with Gasteiger partial charge in [0.25, 0.3) is 11.8 Å². The molecule has 2 amide bonds. The van der Waals surface area contributed by atoms with Crippen molar-refractivity contribution in [3.63, 3.8) is 0 Å². The highest BCUT2D eigenvalue weighted by atomic mass is 16.5. The summed E-state index contributed by atoms with van der Waals surface area (Å²) < 4.78 is 17.2. The lowest BCUT2D eigenvalue weighted by Gasteiger charge is -2.14. The number of amides is 2. The zero-order chi connectivity index (χ0) is 19.1. The number of hydrazine groups is 1. The van der Waals surface area contributed by atoms with Crippen LogP contribution in [0, 0.1) is 0 Å². The predicted molar refractivity (Wildman–Crippen MR) is 93.9 cm³/mol. The number of aryl methyl sites for hydroxylation is 1. The van der Waals surface area contributed by atoms with Crippen molar-refractivity contribution in [2.24, 2.45) is 7.05 Å². The molecule has 0 spiro atoms. The van der Waals surface area contributed by atoms with Crippen LogP contribution in [0.5, 0.6) is 17.2 Å². The third-order valence-corrected chi connectivity index (χ3v) is 3.38. The van der Waals surface area contributed by atoms with Gasteiger partial charge in [-0.25, -0.2) is 0 Å². The zero-order valence-electron chi connectivity index (χ0n) is 14.9. The summed E-state index contributed by atoms with van der Waals surface area (Å²) in [5, 5.41) is 3.99. The van der Waals surface area contributed by atoms with Crippen LogP contribution >= 0.6 is 0 Å². The molecule has 1 heterocycles. The van der Waals surface area contributed by atoms with Gasteiger partial charge >= 0.3 is 0 Å². The molecule has 9 heteroatoms. The Kier molecular flexibility index (Phi) is 6.20. The quantitative estimate of drug-likeness (QED) is 0.586. The lowest BCUT2D eigenvalue weighted by molar-refractivity contribution is -0.117. The SMILES string of the molecule is COc1cc(C(=O)NNC(=O)C=Cc2cnn(C)c2)cc(OC)c1OC. The van der Waals surface area contributed by atoms with Gasteiger partial charge in [-0.15, -0.1) is 0 Å². The first-order chi connectivity index (χ1) is 12.5. The highest BCUT2D eigenvalue weighted by Gasteiger charge is 2.17. The number of hydrogen-bond acceptors (Lipinski definition) is 6. The number of rotatable bonds is 6. The molecule has 0 aliphatic heterocycles. The van der Waals surface area contributed by atoms with Gasteiger partial charge in [0.15, 0.2) is 11.5 Å². The highest BCUT2D eigenvalue weighted by molar-refractivity contribution is 5.98. The Morgan fingerprint density at radius 3 is 2.23 bits per heavy atom. The fourth-order valence-corrected chi connectivity index (χ4v) is 2.14. The molecule has 1 aromatic heterocycles. The monoisotopic (exact) mass is 360 g/mol. The molecule has 138 valence electrons. The molecular formula is C17H20N4O5. The predicted octanol–water partition coefficient (Wildman–Crippen LogP) is 0.920. The Bertz CT molecular complexity index is 803. The number of carbonyl (C=O) groups is 2. The molecule has 2 N–H and O–H groups in total. The third-order valence-electron chi connectivity index (χ3n) is 3.38. The number of nitrogens with zero attached hydrogens (tertiary/aromatic N) is 2. The van der Waals surface area contributed by atoms with E-state index in [4.69, 9.17) is 14.2 Å². The second-order valence-corrected chi connectivity index (χ2v) is 5.14. The number of methoxy groups -OCH3 is 3. The second-order valence-electron chi connectivity index (χ2n) is 5.14. The van der Waals surface area contributed by atoms with E-state index in [1.807, 2.05) is 0 Å². The maximum Gasteiger partial charge on any atom is 0.269 e. The fourth-order valence-electron chi connectivity index (χ4n) is 2.14. The van der Waals surface area contributed by atoms with Crippen LogP contribution in [0.4, 0.5) is 0 Å². The van der Waals surface area contributed by atoms with Gasteiger partial charge in [0.1, 0.15) is 0 Å². The Labute approximate surface area is 150 Å². The van der Waals surface area contributed by atoms with Crippen molar-refractivity contribution in [3.8, 4) is 17.2 Å². The van der Waals surface area contributed by atoms with Crippen molar-refractivity contribution in [3.05, 3.63) is 41.7 Å². The number of aromatic nitrogens is 2. The van der Waals surface area contributed by atoms with E-state index in [9.17, 15) is 9.59 Å². The number of hydrogen-bond donors (Lipinski definition) is 2. The first-order valence-corrected chi connectivity index (χ1v) is 7.55. The van der Waals surface area contributed by atoms with Crippen LogP contribution in [-0.4, -0.2) is 42.9 Å². The Morgan fingerprint density at radius 1 is 1.08 bits per heavy atom. The molecule has 0 atom stereocenters. The molecule has 0 bridgehead atoms. The summed E-state index contributed by atoms with van der Waals surface area (Å²) in [6.07, 6.45) is 6.22. The Morgan fingerprint density at radius 2 is 1.73 bits per heavy atom. The van der Waals surface area contributed by atoms with Gasteiger partial charge in [0.2, 0.25) is 5.75 Å².